The van der Waals surface area contributed by atoms with Crippen LogP contribution in [0.5, 0.6) is 0 Å². The maximum absolute atomic E-state index is 12.3. The maximum atomic E-state index is 12.3. The fourth-order valence-corrected chi connectivity index (χ4v) is 2.05. The number of amides is 1. The molecule has 1 aromatic carbocycles. The summed E-state index contributed by atoms with van der Waals surface area (Å²) in [6.07, 6.45) is 2.06. The van der Waals surface area contributed by atoms with Gasteiger partial charge in [-0.05, 0) is 18.6 Å². The zero-order valence-corrected chi connectivity index (χ0v) is 9.82. The molecule has 1 aliphatic heterocycles. The van der Waals surface area contributed by atoms with E-state index in [0.29, 0.717) is 17.7 Å². The minimum atomic E-state index is -1.40. The van der Waals surface area contributed by atoms with Gasteiger partial charge in [-0.15, -0.1) is 0 Å². The van der Waals surface area contributed by atoms with Crippen LogP contribution >= 0.6 is 0 Å². The second kappa shape index (κ2) is 4.30. The predicted molar refractivity (Wildman–Crippen MR) is 65.8 cm³/mol. The van der Waals surface area contributed by atoms with E-state index in [0.717, 1.165) is 12.8 Å². The summed E-state index contributed by atoms with van der Waals surface area (Å²) in [5.74, 6) is -0.667. The van der Waals surface area contributed by atoms with E-state index in [4.69, 9.17) is 5.73 Å². The summed E-state index contributed by atoms with van der Waals surface area (Å²) in [4.78, 5) is 24.2. The zero-order valence-electron chi connectivity index (χ0n) is 9.82. The summed E-state index contributed by atoms with van der Waals surface area (Å²) in [5, 5.41) is 2.71. The summed E-state index contributed by atoms with van der Waals surface area (Å²) < 4.78 is 0. The first-order valence-electron chi connectivity index (χ1n) is 5.83. The Balaban J connectivity index is 2.39. The third-order valence-electron chi connectivity index (χ3n) is 3.15. The quantitative estimate of drug-likeness (QED) is 0.779. The van der Waals surface area contributed by atoms with Crippen molar-refractivity contribution in [3.63, 3.8) is 0 Å². The van der Waals surface area contributed by atoms with E-state index in [-0.39, 0.29) is 5.78 Å². The Bertz CT molecular complexity index is 470. The van der Waals surface area contributed by atoms with Gasteiger partial charge in [0.1, 0.15) is 0 Å². The molecule has 2 rings (SSSR count). The van der Waals surface area contributed by atoms with E-state index < -0.39 is 11.4 Å². The highest BCUT2D eigenvalue weighted by molar-refractivity contribution is 6.27. The summed E-state index contributed by atoms with van der Waals surface area (Å²) in [6, 6.07) is 6.96. The van der Waals surface area contributed by atoms with E-state index in [2.05, 4.69) is 5.32 Å². The van der Waals surface area contributed by atoms with Gasteiger partial charge in [-0.2, -0.15) is 0 Å². The molecule has 0 saturated heterocycles. The van der Waals surface area contributed by atoms with Gasteiger partial charge in [-0.3, -0.25) is 9.59 Å². The molecule has 1 atom stereocenters. The van der Waals surface area contributed by atoms with Crippen LogP contribution < -0.4 is 11.1 Å². The summed E-state index contributed by atoms with van der Waals surface area (Å²) in [6.45, 7) is 2.00. The van der Waals surface area contributed by atoms with Crippen molar-refractivity contribution >= 4 is 17.4 Å². The third-order valence-corrected chi connectivity index (χ3v) is 3.15. The summed E-state index contributed by atoms with van der Waals surface area (Å²) >= 11 is 0. The molecule has 0 saturated carbocycles. The van der Waals surface area contributed by atoms with Crippen molar-refractivity contribution in [2.24, 2.45) is 5.73 Å². The maximum Gasteiger partial charge on any atom is 0.252 e. The first-order chi connectivity index (χ1) is 8.09. The van der Waals surface area contributed by atoms with Crippen LogP contribution in [0.25, 0.3) is 0 Å². The average molecular weight is 232 g/mol. The van der Waals surface area contributed by atoms with Crippen LogP contribution in [-0.4, -0.2) is 17.2 Å². The number of hydrogen-bond donors (Lipinski definition) is 2. The number of Topliss-reactive ketones (excluding diaryl/α,β-unsaturated/α-hetero) is 1. The molecule has 4 heteroatoms. The van der Waals surface area contributed by atoms with E-state index in [1.54, 1.807) is 24.3 Å². The summed E-state index contributed by atoms with van der Waals surface area (Å²) in [7, 11) is 0. The number of para-hydroxylation sites is 1. The number of ketones is 1. The molecular weight excluding hydrogens is 216 g/mol. The SMILES string of the molecule is CCCCC1(N)C(=O)Nc2ccccc2C1=O. The topological polar surface area (TPSA) is 72.2 Å². The molecule has 1 amide bonds. The van der Waals surface area contributed by atoms with Crippen LogP contribution in [0.2, 0.25) is 0 Å². The minimum absolute atomic E-state index is 0.273. The fourth-order valence-electron chi connectivity index (χ4n) is 2.05. The van der Waals surface area contributed by atoms with E-state index in [1.807, 2.05) is 6.92 Å². The Morgan fingerprint density at radius 2 is 2.00 bits per heavy atom. The van der Waals surface area contributed by atoms with Gasteiger partial charge >= 0.3 is 0 Å². The first kappa shape index (κ1) is 11.8. The van der Waals surface area contributed by atoms with E-state index in [9.17, 15) is 9.59 Å². The van der Waals surface area contributed by atoms with Crippen molar-refractivity contribution < 1.29 is 9.59 Å². The lowest BCUT2D eigenvalue weighted by Gasteiger charge is -2.31. The first-order valence-corrected chi connectivity index (χ1v) is 5.83. The molecule has 4 nitrogen and oxygen atoms in total. The molecule has 0 aliphatic carbocycles. The van der Waals surface area contributed by atoms with Crippen molar-refractivity contribution in [3.05, 3.63) is 29.8 Å². The largest absolute Gasteiger partial charge is 0.323 e. The number of hydrogen-bond acceptors (Lipinski definition) is 3. The molecule has 0 fully saturated rings. The second-order valence-corrected chi connectivity index (χ2v) is 4.40. The normalized spacial score (nSPS) is 23.2. The number of rotatable bonds is 3. The number of carbonyl (C=O) groups excluding carboxylic acids is 2. The number of unbranched alkanes of at least 4 members (excludes halogenated alkanes) is 1. The van der Waals surface area contributed by atoms with Gasteiger partial charge in [0, 0.05) is 5.56 Å². The van der Waals surface area contributed by atoms with Gasteiger partial charge in [-0.1, -0.05) is 31.9 Å². The van der Waals surface area contributed by atoms with E-state index in [1.165, 1.54) is 0 Å². The second-order valence-electron chi connectivity index (χ2n) is 4.40. The third kappa shape index (κ3) is 1.85. The Kier molecular flexibility index (Phi) is 2.98. The van der Waals surface area contributed by atoms with Gasteiger partial charge in [0.25, 0.3) is 5.91 Å². The molecular formula is C13H16N2O2. The standard InChI is InChI=1S/C13H16N2O2/c1-2-3-8-13(14)11(16)9-6-4-5-7-10(9)15-12(13)17/h4-7H,2-3,8,14H2,1H3,(H,15,17). The molecule has 0 aromatic heterocycles. The minimum Gasteiger partial charge on any atom is -0.323 e. The van der Waals surface area contributed by atoms with E-state index >= 15 is 0 Å². The molecule has 0 bridgehead atoms. The number of nitrogens with one attached hydrogen (secondary N) is 1. The summed E-state index contributed by atoms with van der Waals surface area (Å²) in [5.41, 5.74) is 5.65. The molecule has 1 heterocycles. The van der Waals surface area contributed by atoms with Crippen LogP contribution in [0, 0.1) is 0 Å². The van der Waals surface area contributed by atoms with Crippen molar-refractivity contribution in [2.45, 2.75) is 31.7 Å². The van der Waals surface area contributed by atoms with Gasteiger partial charge in [0.15, 0.2) is 11.3 Å². The molecule has 1 unspecified atom stereocenters. The van der Waals surface area contributed by atoms with Gasteiger partial charge in [0.2, 0.25) is 0 Å². The Morgan fingerprint density at radius 3 is 2.71 bits per heavy atom. The number of carbonyl (C=O) groups is 2. The molecule has 3 N–H and O–H groups in total. The zero-order chi connectivity index (χ0) is 12.5. The molecule has 17 heavy (non-hydrogen) atoms. The van der Waals surface area contributed by atoms with Crippen LogP contribution in [0.3, 0.4) is 0 Å². The van der Waals surface area contributed by atoms with Crippen LogP contribution in [-0.2, 0) is 4.79 Å². The van der Waals surface area contributed by atoms with Crippen molar-refractivity contribution in [1.29, 1.82) is 0 Å². The van der Waals surface area contributed by atoms with Crippen LogP contribution in [0.1, 0.15) is 36.5 Å². The Hall–Kier alpha value is -1.68. The van der Waals surface area contributed by atoms with Crippen LogP contribution in [0.15, 0.2) is 24.3 Å². The van der Waals surface area contributed by atoms with Gasteiger partial charge in [0.05, 0.1) is 5.69 Å². The molecule has 0 radical (unpaired) electrons. The number of fused-ring (bicyclic) bond motifs is 1. The van der Waals surface area contributed by atoms with Crippen LogP contribution in [0.4, 0.5) is 5.69 Å². The number of anilines is 1. The van der Waals surface area contributed by atoms with Gasteiger partial charge in [-0.25, -0.2) is 0 Å². The molecule has 1 aromatic rings. The number of benzene rings is 1. The monoisotopic (exact) mass is 232 g/mol. The Morgan fingerprint density at radius 1 is 1.29 bits per heavy atom. The lowest BCUT2D eigenvalue weighted by Crippen LogP contribution is -2.59. The van der Waals surface area contributed by atoms with Crippen molar-refractivity contribution in [2.75, 3.05) is 5.32 Å². The lowest BCUT2D eigenvalue weighted by atomic mass is 9.81. The Labute approximate surface area is 100 Å². The highest BCUT2D eigenvalue weighted by Gasteiger charge is 2.45. The average Bonchev–Trinajstić information content (AvgIpc) is 2.34. The molecule has 1 aliphatic rings. The highest BCUT2D eigenvalue weighted by Crippen LogP contribution is 2.29. The van der Waals surface area contributed by atoms with Gasteiger partial charge < -0.3 is 11.1 Å². The fraction of sp³-hybridized carbons (Fsp3) is 0.385. The molecule has 90 valence electrons. The van der Waals surface area contributed by atoms with Crippen molar-refractivity contribution in [1.82, 2.24) is 0 Å². The molecule has 0 spiro atoms. The highest BCUT2D eigenvalue weighted by atomic mass is 16.2. The smallest absolute Gasteiger partial charge is 0.252 e. The number of nitrogens with two attached hydrogens (primary N) is 1. The predicted octanol–water partition coefficient (Wildman–Crippen LogP) is 1.71. The lowest BCUT2D eigenvalue weighted by molar-refractivity contribution is -0.120. The van der Waals surface area contributed by atoms with Crippen molar-refractivity contribution in [3.8, 4) is 0 Å².